The Balaban J connectivity index is 1.75. The number of carboxylic acid groups (broad SMARTS) is 1. The average Bonchev–Trinajstić information content (AvgIpc) is 3.38. The zero-order chi connectivity index (χ0) is 26.1. The van der Waals surface area contributed by atoms with E-state index in [-0.39, 0.29) is 12.8 Å². The van der Waals surface area contributed by atoms with Crippen LogP contribution in [-0.2, 0) is 32.0 Å². The molecule has 1 aliphatic rings. The fourth-order valence-corrected chi connectivity index (χ4v) is 4.23. The molecule has 1 aliphatic heterocycles. The second kappa shape index (κ2) is 12.8. The van der Waals surface area contributed by atoms with E-state index in [1.165, 1.54) is 4.90 Å². The van der Waals surface area contributed by atoms with Gasteiger partial charge in [0.2, 0.25) is 17.7 Å². The molecule has 1 saturated heterocycles. The standard InChI is InChI=1S/C26H32N4O6/c27-19(16-31)23(32)28-20(14-17-8-3-1-4-9-17)25(34)30-13-7-12-22(30)24(33)29-21(26(35)36)15-18-10-5-2-6-11-18/h1-6,8-11,19-22,31H,7,12-16,27H2,(H,28,32)(H,29,33)(H,35,36). The van der Waals surface area contributed by atoms with Crippen LogP contribution < -0.4 is 16.4 Å². The van der Waals surface area contributed by atoms with Gasteiger partial charge in [-0.25, -0.2) is 4.79 Å². The van der Waals surface area contributed by atoms with Gasteiger partial charge in [0.15, 0.2) is 0 Å². The van der Waals surface area contributed by atoms with E-state index in [1.54, 1.807) is 24.3 Å². The summed E-state index contributed by atoms with van der Waals surface area (Å²) in [7, 11) is 0. The van der Waals surface area contributed by atoms with Crippen LogP contribution >= 0.6 is 0 Å². The highest BCUT2D eigenvalue weighted by molar-refractivity contribution is 5.94. The lowest BCUT2D eigenvalue weighted by Crippen LogP contribution is -2.57. The first-order valence-electron chi connectivity index (χ1n) is 11.9. The molecule has 2 aromatic rings. The number of rotatable bonds is 11. The molecule has 0 bridgehead atoms. The van der Waals surface area contributed by atoms with E-state index in [0.29, 0.717) is 19.4 Å². The number of nitrogens with zero attached hydrogens (tertiary/aromatic N) is 1. The number of carbonyl (C=O) groups is 4. The normalized spacial score (nSPS) is 17.6. The van der Waals surface area contributed by atoms with Crippen molar-refractivity contribution in [2.24, 2.45) is 5.73 Å². The number of nitrogens with one attached hydrogen (secondary N) is 2. The molecule has 3 amide bonds. The molecule has 0 saturated carbocycles. The first-order valence-corrected chi connectivity index (χ1v) is 11.9. The van der Waals surface area contributed by atoms with Crippen LogP contribution in [0.5, 0.6) is 0 Å². The fraction of sp³-hybridized carbons (Fsp3) is 0.385. The molecule has 0 spiro atoms. The lowest BCUT2D eigenvalue weighted by molar-refractivity contribution is -0.145. The zero-order valence-corrected chi connectivity index (χ0v) is 19.9. The Bertz CT molecular complexity index is 1050. The van der Waals surface area contributed by atoms with Gasteiger partial charge >= 0.3 is 5.97 Å². The topological polar surface area (TPSA) is 162 Å². The third kappa shape index (κ3) is 7.12. The zero-order valence-electron chi connectivity index (χ0n) is 19.9. The van der Waals surface area contributed by atoms with Gasteiger partial charge in [-0.15, -0.1) is 0 Å². The smallest absolute Gasteiger partial charge is 0.326 e. The molecule has 10 nitrogen and oxygen atoms in total. The van der Waals surface area contributed by atoms with Crippen LogP contribution in [0.15, 0.2) is 60.7 Å². The highest BCUT2D eigenvalue weighted by Gasteiger charge is 2.39. The van der Waals surface area contributed by atoms with E-state index in [4.69, 9.17) is 5.73 Å². The van der Waals surface area contributed by atoms with Crippen molar-refractivity contribution in [1.29, 1.82) is 0 Å². The first-order chi connectivity index (χ1) is 17.3. The van der Waals surface area contributed by atoms with Crippen LogP contribution in [0.3, 0.4) is 0 Å². The monoisotopic (exact) mass is 496 g/mol. The summed E-state index contributed by atoms with van der Waals surface area (Å²) >= 11 is 0. The summed E-state index contributed by atoms with van der Waals surface area (Å²) in [5.41, 5.74) is 7.18. The van der Waals surface area contributed by atoms with Crippen LogP contribution in [0, 0.1) is 0 Å². The lowest BCUT2D eigenvalue weighted by atomic mass is 10.0. The Morgan fingerprint density at radius 2 is 1.47 bits per heavy atom. The van der Waals surface area contributed by atoms with Gasteiger partial charge in [-0.1, -0.05) is 60.7 Å². The van der Waals surface area contributed by atoms with Crippen LogP contribution in [0.4, 0.5) is 0 Å². The Morgan fingerprint density at radius 1 is 0.917 bits per heavy atom. The molecule has 192 valence electrons. The predicted molar refractivity (Wildman–Crippen MR) is 132 cm³/mol. The van der Waals surface area contributed by atoms with Crippen LogP contribution in [0.2, 0.25) is 0 Å². The molecule has 2 aromatic carbocycles. The van der Waals surface area contributed by atoms with Crippen molar-refractivity contribution in [3.8, 4) is 0 Å². The van der Waals surface area contributed by atoms with E-state index in [2.05, 4.69) is 10.6 Å². The van der Waals surface area contributed by atoms with Crippen molar-refractivity contribution in [2.45, 2.75) is 49.9 Å². The number of amides is 3. The van der Waals surface area contributed by atoms with E-state index in [0.717, 1.165) is 11.1 Å². The van der Waals surface area contributed by atoms with Crippen molar-refractivity contribution in [2.75, 3.05) is 13.2 Å². The lowest BCUT2D eigenvalue weighted by Gasteiger charge is -2.30. The number of aliphatic carboxylic acids is 1. The third-order valence-electron chi connectivity index (χ3n) is 6.17. The van der Waals surface area contributed by atoms with Crippen LogP contribution in [-0.4, -0.2) is 76.1 Å². The molecule has 1 heterocycles. The minimum atomic E-state index is -1.19. The second-order valence-electron chi connectivity index (χ2n) is 8.82. The number of carbonyl (C=O) groups excluding carboxylic acids is 3. The van der Waals surface area contributed by atoms with E-state index < -0.39 is 54.5 Å². The number of carboxylic acids is 1. The van der Waals surface area contributed by atoms with E-state index >= 15 is 0 Å². The van der Waals surface area contributed by atoms with Gasteiger partial charge < -0.3 is 31.5 Å². The van der Waals surface area contributed by atoms with Gasteiger partial charge in [-0.2, -0.15) is 0 Å². The summed E-state index contributed by atoms with van der Waals surface area (Å²) in [5, 5.41) is 24.1. The predicted octanol–water partition coefficient (Wildman–Crippen LogP) is -0.163. The van der Waals surface area contributed by atoms with Crippen molar-refractivity contribution < 1.29 is 29.4 Å². The Labute approximate surface area is 209 Å². The highest BCUT2D eigenvalue weighted by atomic mass is 16.4. The molecule has 6 N–H and O–H groups in total. The maximum atomic E-state index is 13.5. The molecule has 4 atom stereocenters. The van der Waals surface area contributed by atoms with Gasteiger partial charge in [-0.05, 0) is 24.0 Å². The van der Waals surface area contributed by atoms with Gasteiger partial charge in [-0.3, -0.25) is 14.4 Å². The molecule has 0 aliphatic carbocycles. The first kappa shape index (κ1) is 26.8. The third-order valence-corrected chi connectivity index (χ3v) is 6.17. The fourth-order valence-electron chi connectivity index (χ4n) is 4.23. The summed E-state index contributed by atoms with van der Waals surface area (Å²) in [6, 6.07) is 13.8. The van der Waals surface area contributed by atoms with Crippen molar-refractivity contribution in [3.05, 3.63) is 71.8 Å². The van der Waals surface area contributed by atoms with Crippen LogP contribution in [0.25, 0.3) is 0 Å². The molecule has 4 unspecified atom stereocenters. The van der Waals surface area contributed by atoms with E-state index in [9.17, 15) is 29.4 Å². The van der Waals surface area contributed by atoms with Crippen LogP contribution in [0.1, 0.15) is 24.0 Å². The number of aliphatic hydroxyl groups excluding tert-OH is 1. The number of nitrogens with two attached hydrogens (primary N) is 1. The Morgan fingerprint density at radius 3 is 2.00 bits per heavy atom. The largest absolute Gasteiger partial charge is 0.480 e. The van der Waals surface area contributed by atoms with Gasteiger partial charge in [0, 0.05) is 19.4 Å². The Hall–Kier alpha value is -3.76. The summed E-state index contributed by atoms with van der Waals surface area (Å²) in [4.78, 5) is 52.2. The van der Waals surface area contributed by atoms with E-state index in [1.807, 2.05) is 36.4 Å². The van der Waals surface area contributed by atoms with Crippen molar-refractivity contribution in [3.63, 3.8) is 0 Å². The number of aliphatic hydroxyl groups is 1. The molecule has 0 aromatic heterocycles. The summed E-state index contributed by atoms with van der Waals surface area (Å²) in [5.74, 6) is -2.87. The van der Waals surface area contributed by atoms with Gasteiger partial charge in [0.05, 0.1) is 6.61 Å². The number of hydrogen-bond donors (Lipinski definition) is 5. The van der Waals surface area contributed by atoms with Crippen molar-refractivity contribution >= 4 is 23.7 Å². The number of likely N-dealkylation sites (tertiary alicyclic amines) is 1. The maximum absolute atomic E-state index is 13.5. The van der Waals surface area contributed by atoms with Crippen molar-refractivity contribution in [1.82, 2.24) is 15.5 Å². The number of hydrogen-bond acceptors (Lipinski definition) is 6. The SMILES string of the molecule is NC(CO)C(=O)NC(Cc1ccccc1)C(=O)N1CCCC1C(=O)NC(Cc1ccccc1)C(=O)O. The molecule has 10 heteroatoms. The quantitative estimate of drug-likeness (QED) is 0.289. The summed E-state index contributed by atoms with van der Waals surface area (Å²) in [6.07, 6.45) is 1.20. The molecule has 3 rings (SSSR count). The molecule has 1 fully saturated rings. The minimum Gasteiger partial charge on any atom is -0.480 e. The maximum Gasteiger partial charge on any atom is 0.326 e. The molecule has 36 heavy (non-hydrogen) atoms. The molecular weight excluding hydrogens is 464 g/mol. The Kier molecular flexibility index (Phi) is 9.54. The summed E-state index contributed by atoms with van der Waals surface area (Å²) < 4.78 is 0. The second-order valence-corrected chi connectivity index (χ2v) is 8.82. The molecule has 0 radical (unpaired) electrons. The van der Waals surface area contributed by atoms with Gasteiger partial charge in [0.1, 0.15) is 24.2 Å². The minimum absolute atomic E-state index is 0.105. The van der Waals surface area contributed by atoms with Gasteiger partial charge in [0.25, 0.3) is 0 Å². The number of benzene rings is 2. The summed E-state index contributed by atoms with van der Waals surface area (Å²) in [6.45, 7) is -0.286. The average molecular weight is 497 g/mol. The highest BCUT2D eigenvalue weighted by Crippen LogP contribution is 2.20. The molecular formula is C26H32N4O6.